The van der Waals surface area contributed by atoms with Gasteiger partial charge in [-0.05, 0) is 49.2 Å². The van der Waals surface area contributed by atoms with Crippen molar-refractivity contribution in [1.82, 2.24) is 4.90 Å². The van der Waals surface area contributed by atoms with E-state index in [1.54, 1.807) is 0 Å². The van der Waals surface area contributed by atoms with Crippen molar-refractivity contribution in [2.75, 3.05) is 13.2 Å². The third-order valence-electron chi connectivity index (χ3n) is 4.79. The van der Waals surface area contributed by atoms with E-state index >= 15 is 0 Å². The number of benzene rings is 3. The fourth-order valence-electron chi connectivity index (χ4n) is 3.16. The van der Waals surface area contributed by atoms with Gasteiger partial charge in [0.05, 0.1) is 6.61 Å². The van der Waals surface area contributed by atoms with Crippen LogP contribution in [-0.2, 0) is 13.2 Å². The smallest absolute Gasteiger partial charge is 0.158 e. The Morgan fingerprint density at radius 2 is 1.31 bits per heavy atom. The maximum atomic E-state index is 9.52. The Balaban J connectivity index is 1.61. The van der Waals surface area contributed by atoms with Crippen LogP contribution >= 0.6 is 0 Å². The van der Waals surface area contributed by atoms with Gasteiger partial charge in [0, 0.05) is 13.1 Å². The van der Waals surface area contributed by atoms with Gasteiger partial charge in [-0.2, -0.15) is 0 Å². The molecule has 0 radical (unpaired) electrons. The lowest BCUT2D eigenvalue weighted by molar-refractivity contribution is -0.0675. The normalized spacial score (nSPS) is 11.4. The summed E-state index contributed by atoms with van der Waals surface area (Å²) in [5.74, 6) is 1.56. The number of aliphatic hydroxyl groups is 1. The van der Waals surface area contributed by atoms with E-state index in [0.29, 0.717) is 19.7 Å². The quantitative estimate of drug-likeness (QED) is 0.501. The molecular formula is C25H29NO3. The molecule has 0 aromatic heterocycles. The minimum Gasteiger partial charge on any atom is -0.489 e. The van der Waals surface area contributed by atoms with E-state index in [0.717, 1.165) is 17.1 Å². The Hall–Kier alpha value is -2.82. The predicted molar refractivity (Wildman–Crippen MR) is 116 cm³/mol. The molecule has 0 amide bonds. The summed E-state index contributed by atoms with van der Waals surface area (Å²) in [7, 11) is 0. The van der Waals surface area contributed by atoms with Gasteiger partial charge in [-0.15, -0.1) is 0 Å². The molecule has 0 saturated heterocycles. The van der Waals surface area contributed by atoms with Gasteiger partial charge in [0.1, 0.15) is 18.1 Å². The van der Waals surface area contributed by atoms with Crippen LogP contribution < -0.4 is 9.47 Å². The third kappa shape index (κ3) is 6.34. The molecule has 0 spiro atoms. The lowest BCUT2D eigenvalue weighted by atomic mass is 10.1. The topological polar surface area (TPSA) is 41.9 Å². The monoisotopic (exact) mass is 391 g/mol. The molecule has 0 aliphatic carbocycles. The number of hydrogen-bond acceptors (Lipinski definition) is 4. The fraction of sp³-hybridized carbons (Fsp3) is 0.280. The highest BCUT2D eigenvalue weighted by Gasteiger charge is 2.28. The molecule has 0 aliphatic rings. The second kappa shape index (κ2) is 10.1. The molecule has 0 unspecified atom stereocenters. The molecule has 1 N–H and O–H groups in total. The Labute approximate surface area is 173 Å². The molecular weight excluding hydrogens is 362 g/mol. The first-order chi connectivity index (χ1) is 14.1. The molecule has 152 valence electrons. The molecule has 0 heterocycles. The van der Waals surface area contributed by atoms with E-state index in [4.69, 9.17) is 9.47 Å². The number of nitrogens with zero attached hydrogens (tertiary/aromatic N) is 1. The molecule has 4 heteroatoms. The van der Waals surface area contributed by atoms with Gasteiger partial charge < -0.3 is 14.6 Å². The third-order valence-corrected chi connectivity index (χ3v) is 4.79. The van der Waals surface area contributed by atoms with E-state index in [2.05, 4.69) is 17.0 Å². The largest absolute Gasteiger partial charge is 0.489 e. The van der Waals surface area contributed by atoms with E-state index in [1.807, 2.05) is 86.6 Å². The van der Waals surface area contributed by atoms with Crippen LogP contribution in [0.4, 0.5) is 0 Å². The maximum absolute atomic E-state index is 9.52. The first-order valence-corrected chi connectivity index (χ1v) is 9.92. The standard InChI is InChI=1S/C25H29NO3/c1-25(2,26(17-18-27)19-21-9-5-3-6-10-21)29-24-15-13-23(14-16-24)28-20-22-11-7-4-8-12-22/h3-16,27H,17-20H2,1-2H3. The number of hydrogen-bond donors (Lipinski definition) is 1. The van der Waals surface area contributed by atoms with Crippen LogP contribution in [0.3, 0.4) is 0 Å². The van der Waals surface area contributed by atoms with Crippen molar-refractivity contribution in [3.05, 3.63) is 96.1 Å². The van der Waals surface area contributed by atoms with Crippen LogP contribution in [0.1, 0.15) is 25.0 Å². The van der Waals surface area contributed by atoms with Gasteiger partial charge in [-0.1, -0.05) is 60.7 Å². The Morgan fingerprint density at radius 3 is 1.90 bits per heavy atom. The highest BCUT2D eigenvalue weighted by Crippen LogP contribution is 2.25. The summed E-state index contributed by atoms with van der Waals surface area (Å²) < 4.78 is 12.1. The van der Waals surface area contributed by atoms with Crippen molar-refractivity contribution in [3.8, 4) is 11.5 Å². The molecule has 0 bridgehead atoms. The maximum Gasteiger partial charge on any atom is 0.158 e. The Morgan fingerprint density at radius 1 is 0.759 bits per heavy atom. The first-order valence-electron chi connectivity index (χ1n) is 9.92. The second-order valence-electron chi connectivity index (χ2n) is 7.43. The summed E-state index contributed by atoms with van der Waals surface area (Å²) in [5.41, 5.74) is 1.74. The van der Waals surface area contributed by atoms with Crippen LogP contribution in [-0.4, -0.2) is 28.9 Å². The molecule has 3 aromatic carbocycles. The zero-order valence-electron chi connectivity index (χ0n) is 17.1. The molecule has 0 saturated carbocycles. The lowest BCUT2D eigenvalue weighted by Gasteiger charge is -2.38. The number of rotatable bonds is 10. The van der Waals surface area contributed by atoms with E-state index in [1.165, 1.54) is 5.56 Å². The summed E-state index contributed by atoms with van der Waals surface area (Å²) in [6.07, 6.45) is 0. The van der Waals surface area contributed by atoms with Gasteiger partial charge in [0.25, 0.3) is 0 Å². The van der Waals surface area contributed by atoms with Crippen LogP contribution in [0.25, 0.3) is 0 Å². The van der Waals surface area contributed by atoms with Crippen LogP contribution in [0.15, 0.2) is 84.9 Å². The first kappa shape index (κ1) is 20.9. The summed E-state index contributed by atoms with van der Waals surface area (Å²) in [6.45, 7) is 5.88. The predicted octanol–water partition coefficient (Wildman–Crippen LogP) is 4.88. The van der Waals surface area contributed by atoms with Crippen LogP contribution in [0.2, 0.25) is 0 Å². The zero-order valence-corrected chi connectivity index (χ0v) is 17.1. The summed E-state index contributed by atoms with van der Waals surface area (Å²) >= 11 is 0. The van der Waals surface area contributed by atoms with E-state index < -0.39 is 5.72 Å². The number of aliphatic hydroxyl groups excluding tert-OH is 1. The summed E-state index contributed by atoms with van der Waals surface area (Å²) in [4.78, 5) is 2.13. The van der Waals surface area contributed by atoms with Gasteiger partial charge in [-0.25, -0.2) is 0 Å². The highest BCUT2D eigenvalue weighted by atomic mass is 16.5. The molecule has 29 heavy (non-hydrogen) atoms. The van der Waals surface area contributed by atoms with Gasteiger partial charge in [0.2, 0.25) is 0 Å². The second-order valence-corrected chi connectivity index (χ2v) is 7.43. The van der Waals surface area contributed by atoms with Crippen molar-refractivity contribution in [1.29, 1.82) is 0 Å². The van der Waals surface area contributed by atoms with Crippen molar-refractivity contribution in [2.24, 2.45) is 0 Å². The van der Waals surface area contributed by atoms with Crippen molar-refractivity contribution < 1.29 is 14.6 Å². The summed E-state index contributed by atoms with van der Waals surface area (Å²) in [6, 6.07) is 28.0. The van der Waals surface area contributed by atoms with Gasteiger partial charge in [0.15, 0.2) is 5.72 Å². The molecule has 3 rings (SSSR count). The molecule has 0 atom stereocenters. The minimum atomic E-state index is -0.578. The van der Waals surface area contributed by atoms with Crippen molar-refractivity contribution in [2.45, 2.75) is 32.7 Å². The zero-order chi connectivity index (χ0) is 20.5. The van der Waals surface area contributed by atoms with Gasteiger partial charge >= 0.3 is 0 Å². The van der Waals surface area contributed by atoms with E-state index in [9.17, 15) is 5.11 Å². The molecule has 3 aromatic rings. The summed E-state index contributed by atoms with van der Waals surface area (Å²) in [5, 5.41) is 9.52. The molecule has 0 fully saturated rings. The SMILES string of the molecule is CC(C)(Oc1ccc(OCc2ccccc2)cc1)N(CCO)Cc1ccccc1. The highest BCUT2D eigenvalue weighted by molar-refractivity contribution is 5.32. The van der Waals surface area contributed by atoms with Crippen molar-refractivity contribution >= 4 is 0 Å². The van der Waals surface area contributed by atoms with Gasteiger partial charge in [-0.3, -0.25) is 4.90 Å². The molecule has 0 aliphatic heterocycles. The molecule has 4 nitrogen and oxygen atoms in total. The number of ether oxygens (including phenoxy) is 2. The fourth-order valence-corrected chi connectivity index (χ4v) is 3.16. The van der Waals surface area contributed by atoms with E-state index in [-0.39, 0.29) is 6.61 Å². The average molecular weight is 392 g/mol. The van der Waals surface area contributed by atoms with Crippen LogP contribution in [0.5, 0.6) is 11.5 Å². The Kier molecular flexibility index (Phi) is 7.28. The Bertz CT molecular complexity index is 848. The minimum absolute atomic E-state index is 0.0753. The van der Waals surface area contributed by atoms with Crippen molar-refractivity contribution in [3.63, 3.8) is 0 Å². The average Bonchev–Trinajstić information content (AvgIpc) is 2.74. The van der Waals surface area contributed by atoms with Crippen LogP contribution in [0, 0.1) is 0 Å². The lowest BCUT2D eigenvalue weighted by Crippen LogP contribution is -2.49.